The molecule has 0 amide bonds. The molecule has 2 N–H and O–H groups in total. The first kappa shape index (κ1) is 18.5. The van der Waals surface area contributed by atoms with E-state index in [1.165, 1.54) is 5.56 Å². The number of hydrogen-bond donors (Lipinski definition) is 2. The second-order valence-corrected chi connectivity index (χ2v) is 7.23. The van der Waals surface area contributed by atoms with Crippen molar-refractivity contribution in [2.24, 2.45) is 4.99 Å². The monoisotopic (exact) mass is 388 g/mol. The number of guanidine groups is 1. The second-order valence-electron chi connectivity index (χ2n) is 6.31. The highest BCUT2D eigenvalue weighted by Gasteiger charge is 2.20. The van der Waals surface area contributed by atoms with Gasteiger partial charge in [0.25, 0.3) is 0 Å². The van der Waals surface area contributed by atoms with Gasteiger partial charge in [-0.1, -0.05) is 48.0 Å². The summed E-state index contributed by atoms with van der Waals surface area (Å²) >= 11 is 3.48. The largest absolute Gasteiger partial charge is 0.356 e. The normalized spacial score (nSPS) is 12.1. The molecule has 5 heteroatoms. The minimum absolute atomic E-state index is 0.0132. The molecule has 0 aliphatic carbocycles. The number of halogens is 1. The summed E-state index contributed by atoms with van der Waals surface area (Å²) in [4.78, 5) is 8.63. The van der Waals surface area contributed by atoms with Gasteiger partial charge in [-0.3, -0.25) is 9.98 Å². The Bertz CT molecular complexity index is 651. The molecule has 1 aromatic heterocycles. The lowest BCUT2D eigenvalue weighted by Gasteiger charge is -2.27. The van der Waals surface area contributed by atoms with Crippen molar-refractivity contribution in [1.29, 1.82) is 0 Å². The number of nitrogens with one attached hydrogen (secondary N) is 2. The molecule has 4 nitrogen and oxygen atoms in total. The van der Waals surface area contributed by atoms with E-state index in [4.69, 9.17) is 0 Å². The molecule has 2 aromatic rings. The Morgan fingerprint density at radius 1 is 1.12 bits per heavy atom. The summed E-state index contributed by atoms with van der Waals surface area (Å²) in [6, 6.07) is 14.5. The molecular weight excluding hydrogens is 364 g/mol. The average Bonchev–Trinajstić information content (AvgIpc) is 2.59. The molecule has 0 spiro atoms. The third-order valence-electron chi connectivity index (χ3n) is 3.95. The van der Waals surface area contributed by atoms with Gasteiger partial charge in [-0.05, 0) is 29.8 Å². The van der Waals surface area contributed by atoms with Crippen molar-refractivity contribution in [2.45, 2.75) is 25.7 Å². The minimum atomic E-state index is 0.0132. The molecule has 0 saturated heterocycles. The van der Waals surface area contributed by atoms with Crippen molar-refractivity contribution in [3.63, 3.8) is 0 Å². The van der Waals surface area contributed by atoms with Crippen LogP contribution in [0.5, 0.6) is 0 Å². The van der Waals surface area contributed by atoms with Gasteiger partial charge in [0.2, 0.25) is 0 Å². The molecule has 128 valence electrons. The van der Waals surface area contributed by atoms with Crippen LogP contribution in [0.4, 0.5) is 0 Å². The Morgan fingerprint density at radius 3 is 2.50 bits per heavy atom. The van der Waals surface area contributed by atoms with Crippen LogP contribution in [0.2, 0.25) is 0 Å². The molecule has 2 rings (SSSR count). The summed E-state index contributed by atoms with van der Waals surface area (Å²) in [5.41, 5.74) is 2.39. The first-order valence-corrected chi connectivity index (χ1v) is 8.91. The standard InChI is InChI=1S/C19H25BrN4/c1-19(2,15-7-9-16(20)10-8-15)14-24-18(21-3)23-13-11-17-6-4-5-12-22-17/h4-10,12H,11,13-14H2,1-3H3,(H2,21,23,24). The van der Waals surface area contributed by atoms with Crippen molar-refractivity contribution >= 4 is 21.9 Å². The number of aromatic nitrogens is 1. The average molecular weight is 389 g/mol. The van der Waals surface area contributed by atoms with E-state index in [1.807, 2.05) is 24.4 Å². The number of aliphatic imine (C=N–C) groups is 1. The SMILES string of the molecule is CN=C(NCCc1ccccn1)NCC(C)(C)c1ccc(Br)cc1. The van der Waals surface area contributed by atoms with E-state index in [0.717, 1.165) is 35.6 Å². The van der Waals surface area contributed by atoms with Crippen LogP contribution in [0.15, 0.2) is 58.1 Å². The van der Waals surface area contributed by atoms with Crippen LogP contribution in [0, 0.1) is 0 Å². The van der Waals surface area contributed by atoms with Gasteiger partial charge in [0.15, 0.2) is 5.96 Å². The van der Waals surface area contributed by atoms with Crippen LogP contribution < -0.4 is 10.6 Å². The summed E-state index contributed by atoms with van der Waals surface area (Å²) in [5.74, 6) is 0.816. The number of benzene rings is 1. The number of hydrogen-bond acceptors (Lipinski definition) is 2. The molecule has 0 fully saturated rings. The van der Waals surface area contributed by atoms with Crippen LogP contribution in [0.25, 0.3) is 0 Å². The lowest BCUT2D eigenvalue weighted by atomic mass is 9.85. The van der Waals surface area contributed by atoms with Gasteiger partial charge >= 0.3 is 0 Å². The fraction of sp³-hybridized carbons (Fsp3) is 0.368. The first-order valence-electron chi connectivity index (χ1n) is 8.12. The maximum Gasteiger partial charge on any atom is 0.191 e. The molecule has 0 unspecified atom stereocenters. The van der Waals surface area contributed by atoms with Gasteiger partial charge in [-0.2, -0.15) is 0 Å². The predicted octanol–water partition coefficient (Wildman–Crippen LogP) is 3.53. The van der Waals surface area contributed by atoms with Crippen molar-refractivity contribution in [1.82, 2.24) is 15.6 Å². The predicted molar refractivity (Wildman–Crippen MR) is 104 cm³/mol. The van der Waals surface area contributed by atoms with Gasteiger partial charge in [0.1, 0.15) is 0 Å². The van der Waals surface area contributed by atoms with Crippen molar-refractivity contribution in [3.05, 3.63) is 64.4 Å². The highest BCUT2D eigenvalue weighted by atomic mass is 79.9. The molecule has 1 heterocycles. The molecule has 0 bridgehead atoms. The summed E-state index contributed by atoms with van der Waals surface area (Å²) in [6.45, 7) is 6.06. The van der Waals surface area contributed by atoms with Crippen LogP contribution in [-0.4, -0.2) is 31.1 Å². The summed E-state index contributed by atoms with van der Waals surface area (Å²) in [6.07, 6.45) is 2.70. The van der Waals surface area contributed by atoms with Gasteiger partial charge < -0.3 is 10.6 Å². The van der Waals surface area contributed by atoms with Crippen LogP contribution in [0.3, 0.4) is 0 Å². The smallest absolute Gasteiger partial charge is 0.191 e. The van der Waals surface area contributed by atoms with E-state index in [0.29, 0.717) is 0 Å². The van der Waals surface area contributed by atoms with E-state index in [1.54, 1.807) is 7.05 Å². The van der Waals surface area contributed by atoms with Crippen molar-refractivity contribution in [2.75, 3.05) is 20.1 Å². The summed E-state index contributed by atoms with van der Waals surface area (Å²) in [5, 5.41) is 6.76. The zero-order chi connectivity index (χ0) is 17.4. The number of pyridine rings is 1. The zero-order valence-electron chi connectivity index (χ0n) is 14.5. The molecule has 1 aromatic carbocycles. The van der Waals surface area contributed by atoms with E-state index in [2.05, 4.69) is 74.7 Å². The van der Waals surface area contributed by atoms with Gasteiger partial charge in [0, 0.05) is 48.3 Å². The Kier molecular flexibility index (Phi) is 6.79. The quantitative estimate of drug-likeness (QED) is 0.587. The Hall–Kier alpha value is -1.88. The molecule has 0 radical (unpaired) electrons. The Morgan fingerprint density at radius 2 is 1.88 bits per heavy atom. The van der Waals surface area contributed by atoms with Crippen LogP contribution in [-0.2, 0) is 11.8 Å². The Balaban J connectivity index is 1.83. The van der Waals surface area contributed by atoms with Crippen molar-refractivity contribution in [3.8, 4) is 0 Å². The minimum Gasteiger partial charge on any atom is -0.356 e. The van der Waals surface area contributed by atoms with Crippen LogP contribution in [0.1, 0.15) is 25.1 Å². The molecule has 0 aliphatic heterocycles. The van der Waals surface area contributed by atoms with E-state index in [9.17, 15) is 0 Å². The number of nitrogens with zero attached hydrogens (tertiary/aromatic N) is 2. The summed E-state index contributed by atoms with van der Waals surface area (Å²) < 4.78 is 1.10. The molecular formula is C19H25BrN4. The topological polar surface area (TPSA) is 49.3 Å². The maximum atomic E-state index is 4.33. The lowest BCUT2D eigenvalue weighted by molar-refractivity contribution is 0.508. The third-order valence-corrected chi connectivity index (χ3v) is 4.48. The van der Waals surface area contributed by atoms with Gasteiger partial charge in [-0.15, -0.1) is 0 Å². The van der Waals surface area contributed by atoms with Crippen LogP contribution >= 0.6 is 15.9 Å². The second kappa shape index (κ2) is 8.83. The summed E-state index contributed by atoms with van der Waals surface area (Å²) in [7, 11) is 1.79. The fourth-order valence-electron chi connectivity index (χ4n) is 2.38. The zero-order valence-corrected chi connectivity index (χ0v) is 16.1. The highest BCUT2D eigenvalue weighted by Crippen LogP contribution is 2.23. The highest BCUT2D eigenvalue weighted by molar-refractivity contribution is 9.10. The number of rotatable bonds is 6. The molecule has 24 heavy (non-hydrogen) atoms. The molecule has 0 aliphatic rings. The first-order chi connectivity index (χ1) is 11.5. The van der Waals surface area contributed by atoms with Gasteiger partial charge in [0.05, 0.1) is 0 Å². The molecule has 0 saturated carbocycles. The maximum absolute atomic E-state index is 4.33. The van der Waals surface area contributed by atoms with E-state index >= 15 is 0 Å². The lowest BCUT2D eigenvalue weighted by Crippen LogP contribution is -2.44. The fourth-order valence-corrected chi connectivity index (χ4v) is 2.65. The van der Waals surface area contributed by atoms with E-state index < -0.39 is 0 Å². The van der Waals surface area contributed by atoms with Crippen molar-refractivity contribution < 1.29 is 0 Å². The third kappa shape index (κ3) is 5.64. The van der Waals surface area contributed by atoms with Gasteiger partial charge in [-0.25, -0.2) is 0 Å². The Labute approximate surface area is 152 Å². The molecule has 0 atom stereocenters. The van der Waals surface area contributed by atoms with E-state index in [-0.39, 0.29) is 5.41 Å².